The molecular formula is C14H7F4NO2. The first-order valence-corrected chi connectivity index (χ1v) is 5.84. The molecule has 0 saturated carbocycles. The van der Waals surface area contributed by atoms with Crippen LogP contribution in [0.15, 0.2) is 45.6 Å². The number of alkyl halides is 3. The van der Waals surface area contributed by atoms with Gasteiger partial charge in [-0.25, -0.2) is 4.39 Å². The van der Waals surface area contributed by atoms with E-state index in [0.29, 0.717) is 11.5 Å². The van der Waals surface area contributed by atoms with Crippen LogP contribution in [-0.4, -0.2) is 4.98 Å². The van der Waals surface area contributed by atoms with Gasteiger partial charge in [-0.15, -0.1) is 0 Å². The first-order valence-electron chi connectivity index (χ1n) is 5.84. The Bertz CT molecular complexity index is 877. The first kappa shape index (κ1) is 13.4. The summed E-state index contributed by atoms with van der Waals surface area (Å²) in [4.78, 5) is 13.6. The maximum atomic E-state index is 13.5. The molecule has 3 aromatic rings. The van der Waals surface area contributed by atoms with Crippen LogP contribution in [0.2, 0.25) is 0 Å². The molecular weight excluding hydrogens is 290 g/mol. The number of H-pyrrole nitrogens is 1. The summed E-state index contributed by atoms with van der Waals surface area (Å²) in [6, 6.07) is 6.74. The Morgan fingerprint density at radius 1 is 1.10 bits per heavy atom. The Morgan fingerprint density at radius 2 is 1.86 bits per heavy atom. The lowest BCUT2D eigenvalue weighted by Gasteiger charge is -2.06. The number of nitrogens with one attached hydrogen (secondary N) is 1. The van der Waals surface area contributed by atoms with Crippen LogP contribution in [0.1, 0.15) is 5.56 Å². The molecule has 3 nitrogen and oxygen atoms in total. The maximum Gasteiger partial charge on any atom is 0.416 e. The van der Waals surface area contributed by atoms with E-state index >= 15 is 0 Å². The van der Waals surface area contributed by atoms with E-state index in [9.17, 15) is 22.4 Å². The number of fused-ring (bicyclic) bond motifs is 1. The van der Waals surface area contributed by atoms with Crippen LogP contribution in [-0.2, 0) is 6.18 Å². The Morgan fingerprint density at radius 3 is 2.52 bits per heavy atom. The van der Waals surface area contributed by atoms with Crippen molar-refractivity contribution in [2.75, 3.05) is 0 Å². The van der Waals surface area contributed by atoms with Crippen molar-refractivity contribution in [3.05, 3.63) is 58.1 Å². The maximum absolute atomic E-state index is 13.5. The van der Waals surface area contributed by atoms with Gasteiger partial charge in [-0.2, -0.15) is 13.2 Å². The number of hydrogen-bond donors (Lipinski definition) is 1. The number of halogens is 4. The van der Waals surface area contributed by atoms with E-state index in [1.54, 1.807) is 6.07 Å². The largest absolute Gasteiger partial charge is 0.451 e. The van der Waals surface area contributed by atoms with E-state index in [1.165, 1.54) is 18.2 Å². The molecule has 1 aromatic carbocycles. The molecule has 108 valence electrons. The van der Waals surface area contributed by atoms with Crippen molar-refractivity contribution in [2.45, 2.75) is 6.18 Å². The van der Waals surface area contributed by atoms with Crippen LogP contribution < -0.4 is 5.56 Å². The van der Waals surface area contributed by atoms with Crippen molar-refractivity contribution in [2.24, 2.45) is 0 Å². The lowest BCUT2D eigenvalue weighted by Crippen LogP contribution is -2.13. The van der Waals surface area contributed by atoms with E-state index in [-0.39, 0.29) is 17.0 Å². The van der Waals surface area contributed by atoms with Gasteiger partial charge in [0.2, 0.25) is 5.56 Å². The minimum atomic E-state index is -4.65. The van der Waals surface area contributed by atoms with Crippen molar-refractivity contribution in [1.82, 2.24) is 4.98 Å². The van der Waals surface area contributed by atoms with Crippen LogP contribution >= 0.6 is 0 Å². The Balaban J connectivity index is 2.21. The second-order valence-corrected chi connectivity index (χ2v) is 4.41. The average Bonchev–Trinajstić information content (AvgIpc) is 2.82. The van der Waals surface area contributed by atoms with E-state index in [1.807, 2.05) is 0 Å². The Labute approximate surface area is 114 Å². The van der Waals surface area contributed by atoms with Crippen LogP contribution in [0.4, 0.5) is 17.6 Å². The molecule has 7 heteroatoms. The highest BCUT2D eigenvalue weighted by molar-refractivity contribution is 5.82. The van der Waals surface area contributed by atoms with Gasteiger partial charge in [0.05, 0.1) is 11.3 Å². The number of rotatable bonds is 1. The highest BCUT2D eigenvalue weighted by Gasteiger charge is 2.31. The Hall–Kier alpha value is -2.57. The molecule has 0 amide bonds. The fraction of sp³-hybridized carbons (Fsp3) is 0.0714. The smallest absolute Gasteiger partial charge is 0.416 e. The average molecular weight is 297 g/mol. The SMILES string of the molecule is O=c1cc(C(F)(F)F)cc(-c2cc3cccc(F)c3o2)[nH]1. The predicted molar refractivity (Wildman–Crippen MR) is 67.2 cm³/mol. The molecule has 0 radical (unpaired) electrons. The number of aromatic nitrogens is 1. The topological polar surface area (TPSA) is 46.0 Å². The summed E-state index contributed by atoms with van der Waals surface area (Å²) in [5.74, 6) is -0.675. The number of hydrogen-bond acceptors (Lipinski definition) is 2. The third-order valence-corrected chi connectivity index (χ3v) is 2.93. The second kappa shape index (κ2) is 4.47. The van der Waals surface area contributed by atoms with Gasteiger partial charge in [-0.05, 0) is 18.2 Å². The van der Waals surface area contributed by atoms with Crippen LogP contribution in [0, 0.1) is 5.82 Å². The fourth-order valence-electron chi connectivity index (χ4n) is 2.00. The second-order valence-electron chi connectivity index (χ2n) is 4.41. The molecule has 0 unspecified atom stereocenters. The molecule has 0 fully saturated rings. The van der Waals surface area contributed by atoms with Crippen LogP contribution in [0.3, 0.4) is 0 Å². The van der Waals surface area contributed by atoms with Gasteiger partial charge in [0.15, 0.2) is 17.2 Å². The standard InChI is InChI=1S/C14H7F4NO2/c15-9-3-1-2-7-4-11(21-13(7)9)10-5-8(14(16,17)18)6-12(20)19-10/h1-6H,(H,19,20). The molecule has 0 aliphatic carbocycles. The summed E-state index contributed by atoms with van der Waals surface area (Å²) >= 11 is 0. The highest BCUT2D eigenvalue weighted by Crippen LogP contribution is 2.32. The minimum absolute atomic E-state index is 0.0432. The monoisotopic (exact) mass is 297 g/mol. The molecule has 1 N–H and O–H groups in total. The number of pyridine rings is 1. The summed E-state index contributed by atoms with van der Waals surface area (Å²) in [7, 11) is 0. The number of para-hydroxylation sites is 1. The predicted octanol–water partition coefficient (Wildman–Crippen LogP) is 3.95. The molecule has 0 bridgehead atoms. The van der Waals surface area contributed by atoms with Gasteiger partial charge in [-0.1, -0.05) is 12.1 Å². The van der Waals surface area contributed by atoms with Gasteiger partial charge in [0.25, 0.3) is 0 Å². The number of benzene rings is 1. The third-order valence-electron chi connectivity index (χ3n) is 2.93. The van der Waals surface area contributed by atoms with Crippen LogP contribution in [0.25, 0.3) is 22.4 Å². The van der Waals surface area contributed by atoms with Crippen LogP contribution in [0.5, 0.6) is 0 Å². The van der Waals surface area contributed by atoms with Gasteiger partial charge in [0.1, 0.15) is 0 Å². The highest BCUT2D eigenvalue weighted by atomic mass is 19.4. The van der Waals surface area contributed by atoms with Crippen molar-refractivity contribution in [3.63, 3.8) is 0 Å². The van der Waals surface area contributed by atoms with Crippen molar-refractivity contribution in [1.29, 1.82) is 0 Å². The molecule has 0 atom stereocenters. The Kier molecular flexibility index (Phi) is 2.86. The molecule has 0 aliphatic rings. The van der Waals surface area contributed by atoms with Gasteiger partial charge >= 0.3 is 6.18 Å². The minimum Gasteiger partial charge on any atom is -0.451 e. The zero-order chi connectivity index (χ0) is 15.2. The van der Waals surface area contributed by atoms with Crippen molar-refractivity contribution >= 4 is 11.0 Å². The van der Waals surface area contributed by atoms with Gasteiger partial charge < -0.3 is 9.40 Å². The number of furan rings is 1. The lowest BCUT2D eigenvalue weighted by atomic mass is 10.2. The molecule has 2 heterocycles. The normalized spacial score (nSPS) is 12.0. The van der Waals surface area contributed by atoms with E-state index in [0.717, 1.165) is 6.07 Å². The first-order chi connectivity index (χ1) is 9.84. The summed E-state index contributed by atoms with van der Waals surface area (Å²) in [6.45, 7) is 0. The quantitative estimate of drug-likeness (QED) is 0.691. The van der Waals surface area contributed by atoms with E-state index in [2.05, 4.69) is 4.98 Å². The summed E-state index contributed by atoms with van der Waals surface area (Å²) in [6.07, 6.45) is -4.65. The summed E-state index contributed by atoms with van der Waals surface area (Å²) < 4.78 is 56.8. The molecule has 0 aliphatic heterocycles. The zero-order valence-electron chi connectivity index (χ0n) is 10.3. The molecule has 21 heavy (non-hydrogen) atoms. The summed E-state index contributed by atoms with van der Waals surface area (Å²) in [5.41, 5.74) is -2.25. The van der Waals surface area contributed by atoms with Crippen molar-refractivity contribution < 1.29 is 22.0 Å². The molecule has 0 saturated heterocycles. The fourth-order valence-corrected chi connectivity index (χ4v) is 2.00. The number of aromatic amines is 1. The van der Waals surface area contributed by atoms with Gasteiger partial charge in [0, 0.05) is 11.5 Å². The molecule has 3 rings (SSSR count). The zero-order valence-corrected chi connectivity index (χ0v) is 10.3. The van der Waals surface area contributed by atoms with E-state index in [4.69, 9.17) is 4.42 Å². The lowest BCUT2D eigenvalue weighted by molar-refractivity contribution is -0.137. The third kappa shape index (κ3) is 2.42. The van der Waals surface area contributed by atoms with Gasteiger partial charge in [-0.3, -0.25) is 4.79 Å². The summed E-state index contributed by atoms with van der Waals surface area (Å²) in [5, 5.41) is 0.392. The van der Waals surface area contributed by atoms with E-state index < -0.39 is 23.1 Å². The molecule has 2 aromatic heterocycles. The van der Waals surface area contributed by atoms with Crippen molar-refractivity contribution in [3.8, 4) is 11.5 Å². The molecule has 0 spiro atoms.